The van der Waals surface area contributed by atoms with Crippen molar-refractivity contribution in [1.82, 2.24) is 10.3 Å². The van der Waals surface area contributed by atoms with Crippen LogP contribution in [0.5, 0.6) is 0 Å². The molecule has 1 atom stereocenters. The van der Waals surface area contributed by atoms with E-state index in [9.17, 15) is 19.2 Å². The van der Waals surface area contributed by atoms with Gasteiger partial charge in [-0.1, -0.05) is 0 Å². The number of aromatic nitrogens is 1. The quantitative estimate of drug-likeness (QED) is 0.354. The van der Waals surface area contributed by atoms with Gasteiger partial charge in [0.25, 0.3) is 5.91 Å². The van der Waals surface area contributed by atoms with E-state index in [4.69, 9.17) is 16.2 Å². The Hall–Kier alpha value is -4.12. The lowest BCUT2D eigenvalue weighted by Crippen LogP contribution is -2.38. The van der Waals surface area contributed by atoms with Gasteiger partial charge < -0.3 is 37.1 Å². The van der Waals surface area contributed by atoms with E-state index >= 15 is 0 Å². The molecule has 0 radical (unpaired) electrons. The van der Waals surface area contributed by atoms with Crippen LogP contribution in [0.15, 0.2) is 30.5 Å². The zero-order valence-electron chi connectivity index (χ0n) is 19.4. The summed E-state index contributed by atoms with van der Waals surface area (Å²) in [6.07, 6.45) is 0.869. The molecule has 1 unspecified atom stereocenters. The van der Waals surface area contributed by atoms with Crippen LogP contribution in [0.1, 0.15) is 50.6 Å². The van der Waals surface area contributed by atoms with Gasteiger partial charge in [0.2, 0.25) is 0 Å². The fourth-order valence-electron chi connectivity index (χ4n) is 3.47. The molecule has 0 aliphatic carbocycles. The lowest BCUT2D eigenvalue weighted by atomic mass is 9.98. The first-order chi connectivity index (χ1) is 15.9. The number of hydrogen-bond acceptors (Lipinski definition) is 6. The van der Waals surface area contributed by atoms with Crippen LogP contribution in [0, 0.1) is 0 Å². The molecule has 8 N–H and O–H groups in total. The summed E-state index contributed by atoms with van der Waals surface area (Å²) in [5.41, 5.74) is 14.3. The number of Topliss-reactive ketones (excluding diaryl/α,β-unsaturated/α-hetero) is 1. The lowest BCUT2D eigenvalue weighted by molar-refractivity contribution is -0.119. The van der Waals surface area contributed by atoms with Crippen LogP contribution in [0.2, 0.25) is 0 Å². The fraction of sp³-hybridized carbons (Fsp3) is 0.304. The molecule has 2 aromatic rings. The van der Waals surface area contributed by atoms with Gasteiger partial charge in [-0.25, -0.2) is 9.59 Å². The number of hydrogen-bond donors (Lipinski definition) is 6. The van der Waals surface area contributed by atoms with E-state index in [0.717, 1.165) is 0 Å². The van der Waals surface area contributed by atoms with Gasteiger partial charge in [-0.2, -0.15) is 0 Å². The van der Waals surface area contributed by atoms with Gasteiger partial charge in [0.15, 0.2) is 5.78 Å². The van der Waals surface area contributed by atoms with Crippen LogP contribution in [0.3, 0.4) is 0 Å². The van der Waals surface area contributed by atoms with Gasteiger partial charge in [0.1, 0.15) is 5.60 Å². The topological polar surface area (TPSA) is 181 Å². The maximum Gasteiger partial charge on any atom is 0.408 e. The third kappa shape index (κ3) is 5.62. The van der Waals surface area contributed by atoms with E-state index in [2.05, 4.69) is 20.9 Å². The van der Waals surface area contributed by atoms with Crippen molar-refractivity contribution in [3.05, 3.63) is 47.3 Å². The van der Waals surface area contributed by atoms with Crippen molar-refractivity contribution >= 4 is 46.3 Å². The Morgan fingerprint density at radius 1 is 1.18 bits per heavy atom. The maximum absolute atomic E-state index is 12.7. The molecule has 0 saturated carbocycles. The Morgan fingerprint density at radius 2 is 1.88 bits per heavy atom. The largest absolute Gasteiger partial charge is 0.444 e. The molecule has 0 bridgehead atoms. The number of primary amides is 1. The summed E-state index contributed by atoms with van der Waals surface area (Å²) in [4.78, 5) is 51.1. The summed E-state index contributed by atoms with van der Waals surface area (Å²) < 4.78 is 5.11. The molecular formula is C23H28N6O5. The van der Waals surface area contributed by atoms with Gasteiger partial charge in [0, 0.05) is 28.8 Å². The minimum Gasteiger partial charge on any atom is -0.444 e. The Balaban J connectivity index is 1.78. The number of rotatable bonds is 6. The average molecular weight is 469 g/mol. The molecule has 0 saturated heterocycles. The summed E-state index contributed by atoms with van der Waals surface area (Å²) in [6.45, 7) is 6.62. The minimum absolute atomic E-state index is 0.290. The molecule has 4 amide bonds. The first kappa shape index (κ1) is 24.5. The number of ether oxygens (including phenoxy) is 1. The number of urea groups is 1. The Kier molecular flexibility index (Phi) is 6.78. The zero-order chi connectivity index (χ0) is 25.2. The van der Waals surface area contributed by atoms with E-state index in [0.29, 0.717) is 39.3 Å². The molecule has 3 rings (SSSR count). The monoisotopic (exact) mass is 468 g/mol. The number of alkyl carbamates (subject to hydrolysis) is 1. The summed E-state index contributed by atoms with van der Waals surface area (Å²) in [7, 11) is 0. The molecule has 11 nitrogen and oxygen atoms in total. The highest BCUT2D eigenvalue weighted by Gasteiger charge is 2.28. The summed E-state index contributed by atoms with van der Waals surface area (Å²) in [6, 6.07) is 4.92. The Labute approximate surface area is 196 Å². The highest BCUT2D eigenvalue weighted by Crippen LogP contribution is 2.38. The Morgan fingerprint density at radius 3 is 2.53 bits per heavy atom. The standard InChI is InChI=1S/C23H28N6O5/c1-11(18-14-8-13(28-21(25)32)5-6-15(14)29-20(18)31)16-7-12(9-26-16)19(24)17(30)10-27-22(33)34-23(2,3)4/h5-9,19,26H,10,24H2,1-4H3,(H,27,33)(H,29,31)(H3,25,28,32)/b18-11+. The molecule has 11 heteroatoms. The number of nitrogens with one attached hydrogen (secondary N) is 4. The van der Waals surface area contributed by atoms with Crippen LogP contribution >= 0.6 is 0 Å². The van der Waals surface area contributed by atoms with Gasteiger partial charge >= 0.3 is 12.1 Å². The molecule has 34 heavy (non-hydrogen) atoms. The molecule has 2 heterocycles. The first-order valence-electron chi connectivity index (χ1n) is 10.5. The van der Waals surface area contributed by atoms with E-state index in [1.54, 1.807) is 58.2 Å². The molecule has 1 aliphatic rings. The number of amides is 4. The van der Waals surface area contributed by atoms with Crippen LogP contribution in [-0.2, 0) is 14.3 Å². The average Bonchev–Trinajstić information content (AvgIpc) is 3.33. The number of aromatic amines is 1. The van der Waals surface area contributed by atoms with Gasteiger partial charge in [-0.15, -0.1) is 0 Å². The number of allylic oxidation sites excluding steroid dienone is 1. The normalized spacial score (nSPS) is 15.1. The predicted molar refractivity (Wildman–Crippen MR) is 128 cm³/mol. The predicted octanol–water partition coefficient (Wildman–Crippen LogP) is 2.48. The first-order valence-corrected chi connectivity index (χ1v) is 10.5. The molecular weight excluding hydrogens is 440 g/mol. The number of benzene rings is 1. The third-order valence-electron chi connectivity index (χ3n) is 5.03. The number of fused-ring (bicyclic) bond motifs is 1. The number of carbonyl (C=O) groups excluding carboxylic acids is 4. The second-order valence-corrected chi connectivity index (χ2v) is 8.85. The summed E-state index contributed by atoms with van der Waals surface area (Å²) >= 11 is 0. The second-order valence-electron chi connectivity index (χ2n) is 8.85. The molecule has 180 valence electrons. The molecule has 1 aromatic heterocycles. The zero-order valence-corrected chi connectivity index (χ0v) is 19.4. The lowest BCUT2D eigenvalue weighted by Gasteiger charge is -2.19. The van der Waals surface area contributed by atoms with E-state index in [1.165, 1.54) is 0 Å². The van der Waals surface area contributed by atoms with Crippen molar-refractivity contribution in [2.75, 3.05) is 17.2 Å². The third-order valence-corrected chi connectivity index (χ3v) is 5.03. The highest BCUT2D eigenvalue weighted by molar-refractivity contribution is 6.36. The highest BCUT2D eigenvalue weighted by atomic mass is 16.6. The van der Waals surface area contributed by atoms with E-state index < -0.39 is 29.6 Å². The molecule has 0 spiro atoms. The summed E-state index contributed by atoms with van der Waals surface area (Å²) in [5, 5.41) is 7.67. The van der Waals surface area contributed by atoms with Crippen molar-refractivity contribution in [3.63, 3.8) is 0 Å². The van der Waals surface area contributed by atoms with E-state index in [-0.39, 0.29) is 12.5 Å². The van der Waals surface area contributed by atoms with Crippen LogP contribution in [-0.4, -0.2) is 40.9 Å². The van der Waals surface area contributed by atoms with Crippen molar-refractivity contribution in [3.8, 4) is 0 Å². The second kappa shape index (κ2) is 9.40. The molecule has 1 aliphatic heterocycles. The van der Waals surface area contributed by atoms with Crippen molar-refractivity contribution in [2.45, 2.75) is 39.3 Å². The summed E-state index contributed by atoms with van der Waals surface area (Å²) in [5.74, 6) is -0.713. The van der Waals surface area contributed by atoms with Crippen LogP contribution in [0.25, 0.3) is 11.1 Å². The fourth-order valence-corrected chi connectivity index (χ4v) is 3.47. The van der Waals surface area contributed by atoms with Crippen LogP contribution in [0.4, 0.5) is 21.0 Å². The number of H-pyrrole nitrogens is 1. The minimum atomic E-state index is -0.992. The number of anilines is 2. The SMILES string of the molecule is C/C(=C1\C(=O)Nc2ccc(NC(N)=O)cc21)c1cc(C(N)C(=O)CNC(=O)OC(C)(C)C)c[nH]1. The number of nitrogens with two attached hydrogens (primary N) is 2. The van der Waals surface area contributed by atoms with Gasteiger partial charge in [-0.05, 0) is 63.1 Å². The Bertz CT molecular complexity index is 1190. The van der Waals surface area contributed by atoms with Crippen molar-refractivity contribution in [1.29, 1.82) is 0 Å². The van der Waals surface area contributed by atoms with Gasteiger partial charge in [0.05, 0.1) is 18.2 Å². The van der Waals surface area contributed by atoms with Crippen molar-refractivity contribution < 1.29 is 23.9 Å². The van der Waals surface area contributed by atoms with Crippen LogP contribution < -0.4 is 27.4 Å². The van der Waals surface area contributed by atoms with E-state index in [1.807, 2.05) is 0 Å². The van der Waals surface area contributed by atoms with Crippen molar-refractivity contribution in [2.24, 2.45) is 11.5 Å². The van der Waals surface area contributed by atoms with Gasteiger partial charge in [-0.3, -0.25) is 9.59 Å². The molecule has 0 fully saturated rings. The smallest absolute Gasteiger partial charge is 0.408 e. The molecule has 1 aromatic carbocycles. The maximum atomic E-state index is 12.7. The number of carbonyl (C=O) groups is 4. The number of ketones is 1.